The fraction of sp³-hybridized carbons (Fsp3) is 0.105. The maximum absolute atomic E-state index is 12.1. The first-order valence-electron chi connectivity index (χ1n) is 7.84. The van der Waals surface area contributed by atoms with Crippen LogP contribution in [0.25, 0.3) is 11.1 Å². The molecule has 0 bridgehead atoms. The number of hydrogen-bond acceptors (Lipinski definition) is 3. The minimum Gasteiger partial charge on any atom is -0.478 e. The zero-order valence-corrected chi connectivity index (χ0v) is 13.4. The largest absolute Gasteiger partial charge is 0.478 e. The summed E-state index contributed by atoms with van der Waals surface area (Å²) in [6.07, 6.45) is 4.43. The highest BCUT2D eigenvalue weighted by Gasteiger charge is 2.11. The van der Waals surface area contributed by atoms with Crippen LogP contribution in [0.5, 0.6) is 0 Å². The van der Waals surface area contributed by atoms with Gasteiger partial charge in [0.05, 0.1) is 17.4 Å². The summed E-state index contributed by atoms with van der Waals surface area (Å²) in [5.74, 6) is -1.28. The van der Waals surface area contributed by atoms with Gasteiger partial charge in [0.15, 0.2) is 0 Å². The van der Waals surface area contributed by atoms with Crippen molar-refractivity contribution < 1.29 is 14.7 Å². The lowest BCUT2D eigenvalue weighted by Crippen LogP contribution is -2.15. The first-order valence-corrected chi connectivity index (χ1v) is 7.84. The van der Waals surface area contributed by atoms with Gasteiger partial charge >= 0.3 is 5.97 Å². The zero-order valence-electron chi connectivity index (χ0n) is 13.4. The quantitative estimate of drug-likeness (QED) is 0.644. The molecule has 3 rings (SSSR count). The average Bonchev–Trinajstić information content (AvgIpc) is 3.15. The fourth-order valence-electron chi connectivity index (χ4n) is 2.52. The van der Waals surface area contributed by atoms with Crippen molar-refractivity contribution in [2.24, 2.45) is 0 Å². The Kier molecular flexibility index (Phi) is 4.89. The second-order valence-corrected chi connectivity index (χ2v) is 5.58. The van der Waals surface area contributed by atoms with E-state index in [0.717, 1.165) is 16.7 Å². The fourth-order valence-corrected chi connectivity index (χ4v) is 2.52. The Labute approximate surface area is 144 Å². The van der Waals surface area contributed by atoms with Gasteiger partial charge in [0.2, 0.25) is 5.91 Å². The summed E-state index contributed by atoms with van der Waals surface area (Å²) >= 11 is 0. The van der Waals surface area contributed by atoms with Gasteiger partial charge in [-0.25, -0.2) is 4.79 Å². The van der Waals surface area contributed by atoms with Crippen molar-refractivity contribution in [3.05, 3.63) is 72.1 Å². The SMILES string of the molecule is O=C(CCc1ccc(-c2cn[nH]c2)cc1)Nc1ccccc1C(=O)O. The standard InChI is InChI=1S/C19H17N3O3/c23-18(22-17-4-2-1-3-16(17)19(24)25)10-7-13-5-8-14(9-6-13)15-11-20-21-12-15/h1-6,8-9,11-12H,7,10H2,(H,20,21)(H,22,23)(H,24,25). The molecule has 1 aromatic heterocycles. The third-order valence-corrected chi connectivity index (χ3v) is 3.86. The number of nitrogens with one attached hydrogen (secondary N) is 2. The highest BCUT2D eigenvalue weighted by molar-refractivity contribution is 6.00. The van der Waals surface area contributed by atoms with Crippen LogP contribution < -0.4 is 5.32 Å². The summed E-state index contributed by atoms with van der Waals surface area (Å²) in [5.41, 5.74) is 3.50. The maximum atomic E-state index is 12.1. The van der Waals surface area contributed by atoms with Gasteiger partial charge in [0.25, 0.3) is 0 Å². The first-order chi connectivity index (χ1) is 12.1. The van der Waals surface area contributed by atoms with E-state index in [0.29, 0.717) is 12.1 Å². The number of hydrogen-bond donors (Lipinski definition) is 3. The minimum atomic E-state index is -1.06. The molecule has 0 saturated heterocycles. The number of aromatic carboxylic acids is 1. The summed E-state index contributed by atoms with van der Waals surface area (Å²) in [6, 6.07) is 14.3. The molecule has 126 valence electrons. The first kappa shape index (κ1) is 16.4. The van der Waals surface area contributed by atoms with E-state index in [9.17, 15) is 9.59 Å². The molecule has 0 aliphatic carbocycles. The second kappa shape index (κ2) is 7.44. The van der Waals surface area contributed by atoms with Crippen LogP contribution in [0, 0.1) is 0 Å². The Morgan fingerprint density at radius 2 is 1.80 bits per heavy atom. The molecule has 0 saturated carbocycles. The predicted molar refractivity (Wildman–Crippen MR) is 94.4 cm³/mol. The molecule has 3 N–H and O–H groups in total. The number of nitrogens with zero attached hydrogens (tertiary/aromatic N) is 1. The number of H-pyrrole nitrogens is 1. The van der Waals surface area contributed by atoms with Gasteiger partial charge in [-0.05, 0) is 29.7 Å². The lowest BCUT2D eigenvalue weighted by Gasteiger charge is -2.08. The molecular weight excluding hydrogens is 318 g/mol. The van der Waals surface area contributed by atoms with E-state index >= 15 is 0 Å². The normalized spacial score (nSPS) is 10.4. The molecule has 0 aliphatic heterocycles. The third kappa shape index (κ3) is 4.11. The molecule has 1 amide bonds. The lowest BCUT2D eigenvalue weighted by molar-refractivity contribution is -0.116. The zero-order chi connectivity index (χ0) is 17.6. The van der Waals surface area contributed by atoms with Crippen molar-refractivity contribution in [1.29, 1.82) is 0 Å². The summed E-state index contributed by atoms with van der Waals surface area (Å²) in [7, 11) is 0. The number of para-hydroxylation sites is 1. The predicted octanol–water partition coefficient (Wildman–Crippen LogP) is 3.35. The van der Waals surface area contributed by atoms with Crippen LogP contribution in [-0.4, -0.2) is 27.2 Å². The molecule has 0 aliphatic rings. The molecular formula is C19H17N3O3. The van der Waals surface area contributed by atoms with Crippen LogP contribution in [0.2, 0.25) is 0 Å². The molecule has 2 aromatic carbocycles. The van der Waals surface area contributed by atoms with Crippen LogP contribution in [0.15, 0.2) is 60.9 Å². The van der Waals surface area contributed by atoms with Crippen molar-refractivity contribution in [2.45, 2.75) is 12.8 Å². The molecule has 0 unspecified atom stereocenters. The number of amides is 1. The van der Waals surface area contributed by atoms with E-state index in [-0.39, 0.29) is 17.9 Å². The van der Waals surface area contributed by atoms with Crippen LogP contribution >= 0.6 is 0 Å². The second-order valence-electron chi connectivity index (χ2n) is 5.58. The lowest BCUT2D eigenvalue weighted by atomic mass is 10.0. The Hall–Kier alpha value is -3.41. The van der Waals surface area contributed by atoms with E-state index in [1.165, 1.54) is 6.07 Å². The van der Waals surface area contributed by atoms with Crippen LogP contribution in [-0.2, 0) is 11.2 Å². The summed E-state index contributed by atoms with van der Waals surface area (Å²) in [4.78, 5) is 23.3. The smallest absolute Gasteiger partial charge is 0.337 e. The summed E-state index contributed by atoms with van der Waals surface area (Å²) in [6.45, 7) is 0. The number of rotatable bonds is 6. The molecule has 25 heavy (non-hydrogen) atoms. The Bertz CT molecular complexity index is 871. The van der Waals surface area contributed by atoms with Gasteiger partial charge in [-0.15, -0.1) is 0 Å². The van der Waals surface area contributed by atoms with Crippen molar-refractivity contribution in [1.82, 2.24) is 10.2 Å². The summed E-state index contributed by atoms with van der Waals surface area (Å²) < 4.78 is 0. The monoisotopic (exact) mass is 335 g/mol. The average molecular weight is 335 g/mol. The minimum absolute atomic E-state index is 0.0836. The van der Waals surface area contributed by atoms with Crippen molar-refractivity contribution in [2.75, 3.05) is 5.32 Å². The Morgan fingerprint density at radius 3 is 2.48 bits per heavy atom. The van der Waals surface area contributed by atoms with E-state index in [2.05, 4.69) is 15.5 Å². The number of aromatic nitrogens is 2. The Morgan fingerprint density at radius 1 is 1.04 bits per heavy atom. The van der Waals surface area contributed by atoms with Crippen LogP contribution in [0.4, 0.5) is 5.69 Å². The van der Waals surface area contributed by atoms with Crippen molar-refractivity contribution >= 4 is 17.6 Å². The number of carboxylic acids is 1. The van der Waals surface area contributed by atoms with Gasteiger partial charge in [-0.1, -0.05) is 36.4 Å². The molecule has 0 fully saturated rings. The molecule has 6 nitrogen and oxygen atoms in total. The number of carbonyl (C=O) groups excluding carboxylic acids is 1. The maximum Gasteiger partial charge on any atom is 0.337 e. The van der Waals surface area contributed by atoms with Gasteiger partial charge in [-0.3, -0.25) is 9.89 Å². The molecule has 3 aromatic rings. The van der Waals surface area contributed by atoms with Gasteiger partial charge in [0.1, 0.15) is 0 Å². The summed E-state index contributed by atoms with van der Waals surface area (Å²) in [5, 5.41) is 18.5. The van der Waals surface area contributed by atoms with Gasteiger partial charge in [-0.2, -0.15) is 5.10 Å². The van der Waals surface area contributed by atoms with Crippen LogP contribution in [0.1, 0.15) is 22.3 Å². The molecule has 6 heteroatoms. The molecule has 1 heterocycles. The topological polar surface area (TPSA) is 95.1 Å². The van der Waals surface area contributed by atoms with E-state index in [4.69, 9.17) is 5.11 Å². The highest BCUT2D eigenvalue weighted by Crippen LogP contribution is 2.19. The molecule has 0 spiro atoms. The molecule has 0 radical (unpaired) electrons. The number of benzene rings is 2. The number of carboxylic acid groups (broad SMARTS) is 1. The number of aromatic amines is 1. The number of anilines is 1. The van der Waals surface area contributed by atoms with Gasteiger partial charge < -0.3 is 10.4 Å². The van der Waals surface area contributed by atoms with Crippen molar-refractivity contribution in [3.8, 4) is 11.1 Å². The highest BCUT2D eigenvalue weighted by atomic mass is 16.4. The van der Waals surface area contributed by atoms with E-state index in [1.807, 2.05) is 30.5 Å². The molecule has 0 atom stereocenters. The third-order valence-electron chi connectivity index (χ3n) is 3.86. The number of carbonyl (C=O) groups is 2. The van der Waals surface area contributed by atoms with E-state index in [1.54, 1.807) is 24.4 Å². The number of aryl methyl sites for hydroxylation is 1. The van der Waals surface area contributed by atoms with E-state index < -0.39 is 5.97 Å². The van der Waals surface area contributed by atoms with Crippen LogP contribution in [0.3, 0.4) is 0 Å². The van der Waals surface area contributed by atoms with Gasteiger partial charge in [0, 0.05) is 18.2 Å². The van der Waals surface area contributed by atoms with Crippen molar-refractivity contribution in [3.63, 3.8) is 0 Å². The Balaban J connectivity index is 1.58.